The van der Waals surface area contributed by atoms with Crippen LogP contribution in [-0.4, -0.2) is 43.3 Å². The highest BCUT2D eigenvalue weighted by atomic mass is 16.5. The minimum atomic E-state index is 0.369. The van der Waals surface area contributed by atoms with Crippen LogP contribution in [0.4, 0.5) is 0 Å². The second-order valence-electron chi connectivity index (χ2n) is 4.83. The highest BCUT2D eigenvalue weighted by Gasteiger charge is 2.15. The van der Waals surface area contributed by atoms with Gasteiger partial charge in [-0.15, -0.1) is 0 Å². The Morgan fingerprint density at radius 3 is 2.87 bits per heavy atom. The Hall–Kier alpha value is -0.120. The molecule has 1 unspecified atom stereocenters. The number of likely N-dealkylation sites (tertiary alicyclic amines) is 1. The van der Waals surface area contributed by atoms with Crippen LogP contribution in [0.5, 0.6) is 0 Å². The molecule has 0 saturated carbocycles. The van der Waals surface area contributed by atoms with Gasteiger partial charge in [-0.3, -0.25) is 0 Å². The second kappa shape index (κ2) is 7.20. The Morgan fingerprint density at radius 1 is 1.40 bits per heavy atom. The number of ether oxygens (including phenoxy) is 1. The molecule has 0 spiro atoms. The van der Waals surface area contributed by atoms with Crippen molar-refractivity contribution in [2.24, 2.45) is 5.73 Å². The Balaban J connectivity index is 1.95. The molecule has 0 amide bonds. The molecule has 1 heterocycles. The molecule has 1 aliphatic rings. The maximum atomic E-state index is 5.93. The van der Waals surface area contributed by atoms with Crippen molar-refractivity contribution in [2.45, 2.75) is 51.7 Å². The van der Waals surface area contributed by atoms with Crippen LogP contribution in [-0.2, 0) is 4.74 Å². The molecule has 0 aromatic rings. The number of rotatable bonds is 6. The molecule has 1 saturated heterocycles. The van der Waals surface area contributed by atoms with Crippen LogP contribution in [0, 0.1) is 0 Å². The topological polar surface area (TPSA) is 38.5 Å². The summed E-state index contributed by atoms with van der Waals surface area (Å²) in [6.07, 6.45) is 5.24. The molecule has 1 atom stereocenters. The third kappa shape index (κ3) is 6.13. The molecular formula is C12H26N2O. The molecule has 0 aliphatic carbocycles. The van der Waals surface area contributed by atoms with E-state index in [1.165, 1.54) is 38.8 Å². The molecule has 3 heteroatoms. The molecular weight excluding hydrogens is 188 g/mol. The standard InChI is InChI=1S/C12H26N2O/c1-11(2)15-9-4-3-7-14-8-5-6-12(13)10-14/h11-12H,3-10,13H2,1-2H3. The van der Waals surface area contributed by atoms with Gasteiger partial charge in [0, 0.05) is 19.2 Å². The number of hydrogen-bond donors (Lipinski definition) is 1. The Labute approximate surface area is 94.0 Å². The van der Waals surface area contributed by atoms with E-state index in [1.807, 2.05) is 0 Å². The second-order valence-corrected chi connectivity index (χ2v) is 4.83. The van der Waals surface area contributed by atoms with Gasteiger partial charge in [0.1, 0.15) is 0 Å². The van der Waals surface area contributed by atoms with Crippen molar-refractivity contribution in [3.63, 3.8) is 0 Å². The van der Waals surface area contributed by atoms with Crippen molar-refractivity contribution >= 4 is 0 Å². The van der Waals surface area contributed by atoms with E-state index in [-0.39, 0.29) is 0 Å². The largest absolute Gasteiger partial charge is 0.379 e. The summed E-state index contributed by atoms with van der Waals surface area (Å²) in [4.78, 5) is 2.49. The fourth-order valence-corrected chi connectivity index (χ4v) is 2.05. The molecule has 1 fully saturated rings. The zero-order valence-corrected chi connectivity index (χ0v) is 10.2. The third-order valence-corrected chi connectivity index (χ3v) is 2.86. The molecule has 2 N–H and O–H groups in total. The van der Waals surface area contributed by atoms with Crippen LogP contribution in [0.3, 0.4) is 0 Å². The van der Waals surface area contributed by atoms with Gasteiger partial charge in [0.15, 0.2) is 0 Å². The molecule has 0 radical (unpaired) electrons. The maximum Gasteiger partial charge on any atom is 0.0518 e. The molecule has 1 aliphatic heterocycles. The van der Waals surface area contributed by atoms with Crippen molar-refractivity contribution in [3.8, 4) is 0 Å². The van der Waals surface area contributed by atoms with Gasteiger partial charge < -0.3 is 15.4 Å². The number of unbranched alkanes of at least 4 members (excludes halogenated alkanes) is 1. The fraction of sp³-hybridized carbons (Fsp3) is 1.00. The van der Waals surface area contributed by atoms with Crippen LogP contribution >= 0.6 is 0 Å². The summed E-state index contributed by atoms with van der Waals surface area (Å²) >= 11 is 0. The molecule has 0 aromatic carbocycles. The first-order valence-corrected chi connectivity index (χ1v) is 6.28. The molecule has 3 nitrogen and oxygen atoms in total. The molecule has 90 valence electrons. The van der Waals surface area contributed by atoms with Crippen LogP contribution < -0.4 is 5.73 Å². The number of nitrogens with two attached hydrogens (primary N) is 1. The first-order valence-electron chi connectivity index (χ1n) is 6.28. The minimum absolute atomic E-state index is 0.369. The van der Waals surface area contributed by atoms with E-state index in [2.05, 4.69) is 18.7 Å². The van der Waals surface area contributed by atoms with Gasteiger partial charge in [-0.05, 0) is 52.6 Å². The average molecular weight is 214 g/mol. The quantitative estimate of drug-likeness (QED) is 0.683. The van der Waals surface area contributed by atoms with E-state index in [4.69, 9.17) is 10.5 Å². The van der Waals surface area contributed by atoms with Gasteiger partial charge in [-0.2, -0.15) is 0 Å². The number of hydrogen-bond acceptors (Lipinski definition) is 3. The number of piperidine rings is 1. The van der Waals surface area contributed by atoms with E-state index in [0.717, 1.165) is 13.2 Å². The third-order valence-electron chi connectivity index (χ3n) is 2.86. The summed E-state index contributed by atoms with van der Waals surface area (Å²) in [5, 5.41) is 0. The summed E-state index contributed by atoms with van der Waals surface area (Å²) in [6.45, 7) is 8.59. The summed E-state index contributed by atoms with van der Waals surface area (Å²) in [5.74, 6) is 0. The highest BCUT2D eigenvalue weighted by Crippen LogP contribution is 2.09. The van der Waals surface area contributed by atoms with E-state index in [0.29, 0.717) is 12.1 Å². The smallest absolute Gasteiger partial charge is 0.0518 e. The van der Waals surface area contributed by atoms with Crippen molar-refractivity contribution < 1.29 is 4.74 Å². The molecule has 0 aromatic heterocycles. The van der Waals surface area contributed by atoms with Crippen molar-refractivity contribution in [2.75, 3.05) is 26.2 Å². The van der Waals surface area contributed by atoms with Gasteiger partial charge in [0.2, 0.25) is 0 Å². The van der Waals surface area contributed by atoms with Crippen LogP contribution in [0.25, 0.3) is 0 Å². The monoisotopic (exact) mass is 214 g/mol. The van der Waals surface area contributed by atoms with Gasteiger partial charge in [0.05, 0.1) is 6.10 Å². The summed E-state index contributed by atoms with van der Waals surface area (Å²) in [6, 6.07) is 0.408. The lowest BCUT2D eigenvalue weighted by atomic mass is 10.1. The zero-order valence-electron chi connectivity index (χ0n) is 10.2. The van der Waals surface area contributed by atoms with Gasteiger partial charge in [-0.25, -0.2) is 0 Å². The predicted molar refractivity (Wildman–Crippen MR) is 64.0 cm³/mol. The first-order chi connectivity index (χ1) is 7.18. The van der Waals surface area contributed by atoms with E-state index >= 15 is 0 Å². The van der Waals surface area contributed by atoms with Crippen molar-refractivity contribution in [3.05, 3.63) is 0 Å². The lowest BCUT2D eigenvalue weighted by Crippen LogP contribution is -2.43. The molecule has 15 heavy (non-hydrogen) atoms. The lowest BCUT2D eigenvalue weighted by molar-refractivity contribution is 0.0735. The molecule has 0 bridgehead atoms. The normalized spacial score (nSPS) is 23.6. The van der Waals surface area contributed by atoms with Crippen molar-refractivity contribution in [1.82, 2.24) is 4.90 Å². The Morgan fingerprint density at radius 2 is 2.20 bits per heavy atom. The highest BCUT2D eigenvalue weighted by molar-refractivity contribution is 4.74. The van der Waals surface area contributed by atoms with E-state index in [9.17, 15) is 0 Å². The van der Waals surface area contributed by atoms with Crippen LogP contribution in [0.15, 0.2) is 0 Å². The SMILES string of the molecule is CC(C)OCCCCN1CCCC(N)C1. The summed E-state index contributed by atoms with van der Waals surface area (Å²) in [5.41, 5.74) is 5.93. The van der Waals surface area contributed by atoms with Crippen LogP contribution in [0.2, 0.25) is 0 Å². The van der Waals surface area contributed by atoms with Gasteiger partial charge >= 0.3 is 0 Å². The van der Waals surface area contributed by atoms with Gasteiger partial charge in [-0.1, -0.05) is 0 Å². The minimum Gasteiger partial charge on any atom is -0.379 e. The Kier molecular flexibility index (Phi) is 6.22. The van der Waals surface area contributed by atoms with Gasteiger partial charge in [0.25, 0.3) is 0 Å². The van der Waals surface area contributed by atoms with Crippen molar-refractivity contribution in [1.29, 1.82) is 0 Å². The van der Waals surface area contributed by atoms with Crippen LogP contribution in [0.1, 0.15) is 39.5 Å². The fourth-order valence-electron chi connectivity index (χ4n) is 2.05. The average Bonchev–Trinajstić information content (AvgIpc) is 2.17. The van der Waals surface area contributed by atoms with E-state index in [1.54, 1.807) is 0 Å². The number of nitrogens with zero attached hydrogens (tertiary/aromatic N) is 1. The lowest BCUT2D eigenvalue weighted by Gasteiger charge is -2.30. The zero-order chi connectivity index (χ0) is 11.1. The Bertz CT molecular complexity index is 162. The molecule has 1 rings (SSSR count). The summed E-state index contributed by atoms with van der Waals surface area (Å²) < 4.78 is 5.51. The predicted octanol–water partition coefficient (Wildman–Crippen LogP) is 1.61. The van der Waals surface area contributed by atoms with E-state index < -0.39 is 0 Å². The maximum absolute atomic E-state index is 5.93. The summed E-state index contributed by atoms with van der Waals surface area (Å²) in [7, 11) is 0. The first kappa shape index (κ1) is 12.9.